The summed E-state index contributed by atoms with van der Waals surface area (Å²) in [6, 6.07) is 7.84. The number of rotatable bonds is 5. The number of fused-ring (bicyclic) bond motifs is 1. The summed E-state index contributed by atoms with van der Waals surface area (Å²) in [4.78, 5) is 12.0. The summed E-state index contributed by atoms with van der Waals surface area (Å²) in [7, 11) is 0. The summed E-state index contributed by atoms with van der Waals surface area (Å²) < 4.78 is 6.99. The maximum atomic E-state index is 12.0. The molecule has 0 aliphatic carbocycles. The van der Waals surface area contributed by atoms with E-state index in [1.165, 1.54) is 0 Å². The third-order valence-corrected chi connectivity index (χ3v) is 4.16. The maximum absolute atomic E-state index is 12.0. The van der Waals surface area contributed by atoms with Crippen LogP contribution in [-0.2, 0) is 16.1 Å². The highest BCUT2D eigenvalue weighted by Gasteiger charge is 2.31. The van der Waals surface area contributed by atoms with Crippen LogP contribution in [0.3, 0.4) is 0 Å². The number of carbonyl (C=O) groups is 1. The second-order valence-corrected chi connectivity index (χ2v) is 5.84. The van der Waals surface area contributed by atoms with Crippen LogP contribution >= 0.6 is 0 Å². The lowest BCUT2D eigenvalue weighted by Crippen LogP contribution is -2.48. The zero-order valence-corrected chi connectivity index (χ0v) is 12.8. The topological polar surface area (TPSA) is 96.6 Å². The number of aliphatic hydroxyl groups excluding tert-OH is 2. The highest BCUT2D eigenvalue weighted by molar-refractivity contribution is 5.79. The summed E-state index contributed by atoms with van der Waals surface area (Å²) in [6.45, 7) is 1.25. The van der Waals surface area contributed by atoms with Crippen LogP contribution in [0.15, 0.2) is 30.5 Å². The molecule has 7 nitrogen and oxygen atoms in total. The van der Waals surface area contributed by atoms with Crippen LogP contribution in [0.5, 0.6) is 0 Å². The molecule has 124 valence electrons. The van der Waals surface area contributed by atoms with E-state index in [2.05, 4.69) is 10.4 Å². The number of carbonyl (C=O) groups excluding carboxylic acids is 1. The van der Waals surface area contributed by atoms with Crippen LogP contribution in [0.1, 0.15) is 6.42 Å². The van der Waals surface area contributed by atoms with Gasteiger partial charge in [-0.1, -0.05) is 18.2 Å². The fraction of sp³-hybridized carbons (Fsp3) is 0.500. The zero-order valence-electron chi connectivity index (χ0n) is 12.8. The molecule has 1 fully saturated rings. The summed E-state index contributed by atoms with van der Waals surface area (Å²) in [5.41, 5.74) is 1.000. The minimum absolute atomic E-state index is 0.114. The molecule has 2 aromatic rings. The molecule has 0 unspecified atom stereocenters. The minimum Gasteiger partial charge on any atom is -0.390 e. The van der Waals surface area contributed by atoms with Gasteiger partial charge in [0, 0.05) is 24.3 Å². The van der Waals surface area contributed by atoms with E-state index < -0.39 is 12.2 Å². The number of para-hydroxylation sites is 1. The lowest BCUT2D eigenvalue weighted by molar-refractivity contribution is -0.128. The Bertz CT molecular complexity index is 672. The number of nitrogens with one attached hydrogen (secondary N) is 1. The number of hydrogen-bond donors (Lipinski definition) is 3. The van der Waals surface area contributed by atoms with E-state index in [0.29, 0.717) is 19.6 Å². The first-order valence-electron chi connectivity index (χ1n) is 7.76. The van der Waals surface area contributed by atoms with E-state index in [9.17, 15) is 15.0 Å². The highest BCUT2D eigenvalue weighted by Crippen LogP contribution is 2.15. The molecule has 23 heavy (non-hydrogen) atoms. The minimum atomic E-state index is -0.888. The van der Waals surface area contributed by atoms with Crippen molar-refractivity contribution >= 4 is 16.8 Å². The van der Waals surface area contributed by atoms with Crippen LogP contribution in [0, 0.1) is 5.92 Å². The normalized spacial score (nSPS) is 24.7. The van der Waals surface area contributed by atoms with Crippen LogP contribution in [-0.4, -0.2) is 57.9 Å². The van der Waals surface area contributed by atoms with Gasteiger partial charge in [-0.25, -0.2) is 0 Å². The molecule has 1 aliphatic heterocycles. The molecule has 3 atom stereocenters. The van der Waals surface area contributed by atoms with E-state index in [4.69, 9.17) is 4.74 Å². The molecule has 7 heteroatoms. The number of nitrogens with zero attached hydrogens (tertiary/aromatic N) is 2. The van der Waals surface area contributed by atoms with E-state index in [1.807, 2.05) is 24.3 Å². The number of amides is 1. The van der Waals surface area contributed by atoms with Crippen LogP contribution in [0.4, 0.5) is 0 Å². The number of benzene rings is 1. The average molecular weight is 319 g/mol. The predicted molar refractivity (Wildman–Crippen MR) is 83.7 cm³/mol. The Morgan fingerprint density at radius 3 is 3.04 bits per heavy atom. The molecule has 0 radical (unpaired) electrons. The van der Waals surface area contributed by atoms with E-state index in [-0.39, 0.29) is 25.0 Å². The maximum Gasteiger partial charge on any atom is 0.221 e. The van der Waals surface area contributed by atoms with Gasteiger partial charge in [0.1, 0.15) is 6.10 Å². The van der Waals surface area contributed by atoms with Gasteiger partial charge < -0.3 is 20.3 Å². The van der Waals surface area contributed by atoms with E-state index in [0.717, 1.165) is 10.9 Å². The Labute approximate surface area is 133 Å². The summed E-state index contributed by atoms with van der Waals surface area (Å²) in [5, 5.41) is 27.5. The molecule has 0 saturated carbocycles. The Hall–Kier alpha value is -1.96. The second kappa shape index (κ2) is 7.08. The predicted octanol–water partition coefficient (Wildman–Crippen LogP) is -0.0892. The standard InChI is InChI=1S/C16H21N3O4/c20-14-10-23-9-12(16(14)22)7-17-15(21)5-6-19-13-4-2-1-3-11(13)8-18-19/h1-4,8,12,14,16,20,22H,5-7,9-10H2,(H,17,21)/t12-,14-,16+/m1/s1. The first-order chi connectivity index (χ1) is 11.1. The first kappa shape index (κ1) is 15.9. The monoisotopic (exact) mass is 319 g/mol. The van der Waals surface area contributed by atoms with E-state index >= 15 is 0 Å². The van der Waals surface area contributed by atoms with Gasteiger partial charge in [0.2, 0.25) is 5.91 Å². The van der Waals surface area contributed by atoms with E-state index in [1.54, 1.807) is 10.9 Å². The fourth-order valence-electron chi connectivity index (χ4n) is 2.78. The van der Waals surface area contributed by atoms with Crippen molar-refractivity contribution in [2.75, 3.05) is 19.8 Å². The number of aliphatic hydroxyl groups is 2. The van der Waals surface area contributed by atoms with Gasteiger partial charge in [-0.3, -0.25) is 9.48 Å². The van der Waals surface area contributed by atoms with Gasteiger partial charge in [0.15, 0.2) is 0 Å². The average Bonchev–Trinajstić information content (AvgIpc) is 2.97. The first-order valence-corrected chi connectivity index (χ1v) is 7.76. The third kappa shape index (κ3) is 3.69. The summed E-state index contributed by atoms with van der Waals surface area (Å²) >= 11 is 0. The molecular weight excluding hydrogens is 298 g/mol. The summed E-state index contributed by atoms with van der Waals surface area (Å²) in [5.74, 6) is -0.398. The number of hydrogen-bond acceptors (Lipinski definition) is 5. The van der Waals surface area contributed by atoms with Crippen molar-refractivity contribution < 1.29 is 19.7 Å². The van der Waals surface area contributed by atoms with Crippen LogP contribution in [0.2, 0.25) is 0 Å². The smallest absolute Gasteiger partial charge is 0.221 e. The molecule has 2 heterocycles. The molecule has 0 spiro atoms. The Kier molecular flexibility index (Phi) is 4.90. The number of ether oxygens (including phenoxy) is 1. The molecule has 3 N–H and O–H groups in total. The quantitative estimate of drug-likeness (QED) is 0.716. The number of aromatic nitrogens is 2. The second-order valence-electron chi connectivity index (χ2n) is 5.84. The molecule has 1 saturated heterocycles. The SMILES string of the molecule is O=C(CCn1ncc2ccccc21)NC[C@@H]1COC[C@@H](O)[C@H]1O. The largest absolute Gasteiger partial charge is 0.390 e. The molecule has 3 rings (SSSR count). The van der Waals surface area contributed by atoms with Gasteiger partial charge in [-0.15, -0.1) is 0 Å². The van der Waals surface area contributed by atoms with Gasteiger partial charge in [-0.2, -0.15) is 5.10 Å². The van der Waals surface area contributed by atoms with Crippen molar-refractivity contribution in [1.82, 2.24) is 15.1 Å². The lowest BCUT2D eigenvalue weighted by atomic mass is 9.96. The molecule has 1 amide bonds. The van der Waals surface area contributed by atoms with Crippen molar-refractivity contribution in [3.8, 4) is 0 Å². The molecular formula is C16H21N3O4. The van der Waals surface area contributed by atoms with Crippen molar-refractivity contribution in [3.05, 3.63) is 30.5 Å². The third-order valence-electron chi connectivity index (χ3n) is 4.16. The van der Waals surface area contributed by atoms with Crippen molar-refractivity contribution in [2.24, 2.45) is 5.92 Å². The van der Waals surface area contributed by atoms with Crippen LogP contribution in [0.25, 0.3) is 10.9 Å². The van der Waals surface area contributed by atoms with Crippen molar-refractivity contribution in [2.45, 2.75) is 25.2 Å². The Balaban J connectivity index is 1.48. The lowest BCUT2D eigenvalue weighted by Gasteiger charge is -2.31. The molecule has 0 bridgehead atoms. The zero-order chi connectivity index (χ0) is 16.2. The fourth-order valence-corrected chi connectivity index (χ4v) is 2.78. The molecule has 1 aromatic carbocycles. The van der Waals surface area contributed by atoms with Crippen LogP contribution < -0.4 is 5.32 Å². The van der Waals surface area contributed by atoms with Gasteiger partial charge >= 0.3 is 0 Å². The van der Waals surface area contributed by atoms with Gasteiger partial charge in [0.05, 0.1) is 37.6 Å². The molecule has 1 aliphatic rings. The Morgan fingerprint density at radius 2 is 2.17 bits per heavy atom. The summed E-state index contributed by atoms with van der Waals surface area (Å²) in [6.07, 6.45) is 0.336. The van der Waals surface area contributed by atoms with Crippen molar-refractivity contribution in [3.63, 3.8) is 0 Å². The highest BCUT2D eigenvalue weighted by atomic mass is 16.5. The number of aryl methyl sites for hydroxylation is 1. The Morgan fingerprint density at radius 1 is 1.35 bits per heavy atom. The van der Waals surface area contributed by atoms with Crippen molar-refractivity contribution in [1.29, 1.82) is 0 Å². The molecule has 1 aromatic heterocycles. The van der Waals surface area contributed by atoms with Gasteiger partial charge in [-0.05, 0) is 6.07 Å². The van der Waals surface area contributed by atoms with Gasteiger partial charge in [0.25, 0.3) is 0 Å².